The molecule has 0 N–H and O–H groups in total. The first kappa shape index (κ1) is 17.2. The zero-order valence-electron chi connectivity index (χ0n) is 13.3. The van der Waals surface area contributed by atoms with Crippen molar-refractivity contribution in [2.75, 3.05) is 20.1 Å². The first-order chi connectivity index (χ1) is 10.5. The fraction of sp³-hybridized carbons (Fsp3) is 0.941. The van der Waals surface area contributed by atoms with E-state index in [1.165, 1.54) is 45.2 Å². The Morgan fingerprint density at radius 2 is 1.59 bits per heavy atom. The minimum absolute atomic E-state index is 0.146. The van der Waals surface area contributed by atoms with E-state index in [0.29, 0.717) is 0 Å². The Hall–Kier alpha value is 0.390. The lowest BCUT2D eigenvalue weighted by Crippen LogP contribution is -2.40. The molecule has 2 bridgehead atoms. The number of likely N-dealkylation sites (tertiary alicyclic amines) is 1. The Kier molecular flexibility index (Phi) is 5.89. The van der Waals surface area contributed by atoms with Crippen molar-refractivity contribution in [2.45, 2.75) is 54.8 Å². The maximum absolute atomic E-state index is 11.8. The lowest BCUT2D eigenvalue weighted by Gasteiger charge is -2.45. The van der Waals surface area contributed by atoms with Crippen molar-refractivity contribution in [3.8, 4) is 0 Å². The fourth-order valence-electron chi connectivity index (χ4n) is 5.04. The van der Waals surface area contributed by atoms with Gasteiger partial charge >= 0.3 is 5.97 Å². The number of fused-ring (bicyclic) bond motifs is 2. The van der Waals surface area contributed by atoms with Gasteiger partial charge in [-0.2, -0.15) is 0 Å². The lowest BCUT2D eigenvalue weighted by atomic mass is 9.63. The molecule has 3 aliphatic rings. The summed E-state index contributed by atoms with van der Waals surface area (Å²) in [6.07, 6.45) is 9.17. The predicted octanol–water partition coefficient (Wildman–Crippen LogP) is 4.18. The molecule has 2 aliphatic carbocycles. The van der Waals surface area contributed by atoms with Crippen LogP contribution in [0.4, 0.5) is 0 Å². The Labute approximate surface area is 150 Å². The molecular weight excluding hydrogens is 410 g/mol. The molecule has 3 nitrogen and oxygen atoms in total. The van der Waals surface area contributed by atoms with Crippen molar-refractivity contribution in [3.05, 3.63) is 0 Å². The SMILES string of the molecule is CN1CCC(C2CC3CC(CC(OC(=O)C(Br)Br)C3)C2)CC1. The summed E-state index contributed by atoms with van der Waals surface area (Å²) in [6, 6.07) is 0. The second kappa shape index (κ2) is 7.52. The van der Waals surface area contributed by atoms with Crippen LogP contribution in [0.2, 0.25) is 0 Å². The third-order valence-corrected chi connectivity index (χ3v) is 6.77. The highest BCUT2D eigenvalue weighted by molar-refractivity contribution is 9.25. The maximum atomic E-state index is 11.8. The average Bonchev–Trinajstić information content (AvgIpc) is 2.46. The van der Waals surface area contributed by atoms with Crippen molar-refractivity contribution in [3.63, 3.8) is 0 Å². The Morgan fingerprint density at radius 1 is 1.00 bits per heavy atom. The number of hydrogen-bond donors (Lipinski definition) is 0. The predicted molar refractivity (Wildman–Crippen MR) is 95.3 cm³/mol. The number of halogens is 2. The molecule has 0 aromatic heterocycles. The Bertz CT molecular complexity index is 382. The zero-order valence-corrected chi connectivity index (χ0v) is 16.5. The van der Waals surface area contributed by atoms with Crippen LogP contribution in [-0.4, -0.2) is 40.8 Å². The number of hydrogen-bond acceptors (Lipinski definition) is 3. The molecule has 1 heterocycles. The van der Waals surface area contributed by atoms with Crippen LogP contribution in [0.25, 0.3) is 0 Å². The molecule has 0 aromatic carbocycles. The summed E-state index contributed by atoms with van der Waals surface area (Å²) < 4.78 is 5.28. The fourth-order valence-corrected chi connectivity index (χ4v) is 5.25. The molecule has 5 heteroatoms. The molecule has 1 aliphatic heterocycles. The Balaban J connectivity index is 1.52. The van der Waals surface area contributed by atoms with Crippen LogP contribution in [0.5, 0.6) is 0 Å². The van der Waals surface area contributed by atoms with Crippen LogP contribution in [0.3, 0.4) is 0 Å². The normalized spacial score (nSPS) is 37.3. The van der Waals surface area contributed by atoms with Crippen molar-refractivity contribution < 1.29 is 9.53 Å². The Morgan fingerprint density at radius 3 is 2.14 bits per heavy atom. The molecule has 0 amide bonds. The summed E-state index contributed by atoms with van der Waals surface area (Å²) in [5.41, 5.74) is 0. The van der Waals surface area contributed by atoms with Crippen LogP contribution in [0, 0.1) is 23.7 Å². The molecule has 2 atom stereocenters. The minimum atomic E-state index is -0.367. The molecule has 0 spiro atoms. The van der Waals surface area contributed by atoms with Crippen LogP contribution < -0.4 is 0 Å². The van der Waals surface area contributed by atoms with Gasteiger partial charge in [-0.05, 0) is 88.8 Å². The van der Waals surface area contributed by atoms with E-state index in [0.717, 1.165) is 36.5 Å². The van der Waals surface area contributed by atoms with E-state index in [1.54, 1.807) is 0 Å². The number of rotatable bonds is 3. The summed E-state index contributed by atoms with van der Waals surface area (Å²) in [7, 11) is 2.24. The van der Waals surface area contributed by atoms with Crippen LogP contribution in [0.1, 0.15) is 44.9 Å². The van der Waals surface area contributed by atoms with Crippen molar-refractivity contribution >= 4 is 37.8 Å². The minimum Gasteiger partial charge on any atom is -0.461 e. The zero-order chi connectivity index (χ0) is 15.7. The van der Waals surface area contributed by atoms with Gasteiger partial charge < -0.3 is 9.64 Å². The number of piperidine rings is 1. The van der Waals surface area contributed by atoms with E-state index >= 15 is 0 Å². The molecule has 22 heavy (non-hydrogen) atoms. The van der Waals surface area contributed by atoms with Crippen LogP contribution >= 0.6 is 31.9 Å². The van der Waals surface area contributed by atoms with E-state index in [4.69, 9.17) is 4.74 Å². The monoisotopic (exact) mass is 435 g/mol. The molecule has 0 aromatic rings. The van der Waals surface area contributed by atoms with E-state index < -0.39 is 0 Å². The van der Waals surface area contributed by atoms with Gasteiger partial charge in [0.05, 0.1) is 0 Å². The maximum Gasteiger partial charge on any atom is 0.330 e. The number of ether oxygens (including phenoxy) is 1. The quantitative estimate of drug-likeness (QED) is 0.490. The van der Waals surface area contributed by atoms with Gasteiger partial charge in [0.25, 0.3) is 0 Å². The molecular formula is C17H27Br2NO2. The molecule has 0 radical (unpaired) electrons. The summed E-state index contributed by atoms with van der Waals surface area (Å²) in [5, 5.41) is 0. The largest absolute Gasteiger partial charge is 0.461 e. The molecule has 2 saturated carbocycles. The number of carbonyl (C=O) groups is 1. The highest BCUT2D eigenvalue weighted by Gasteiger charge is 2.40. The van der Waals surface area contributed by atoms with Gasteiger partial charge in [0, 0.05) is 0 Å². The van der Waals surface area contributed by atoms with Gasteiger partial charge in [0.15, 0.2) is 3.74 Å². The van der Waals surface area contributed by atoms with Gasteiger partial charge in [0.1, 0.15) is 6.10 Å². The van der Waals surface area contributed by atoms with E-state index in [-0.39, 0.29) is 15.8 Å². The van der Waals surface area contributed by atoms with E-state index in [9.17, 15) is 4.79 Å². The number of alkyl halides is 2. The summed E-state index contributed by atoms with van der Waals surface area (Å²) in [4.78, 5) is 14.2. The molecule has 3 fully saturated rings. The summed E-state index contributed by atoms with van der Waals surface area (Å²) in [6.45, 7) is 2.54. The average molecular weight is 437 g/mol. The van der Waals surface area contributed by atoms with E-state index in [1.807, 2.05) is 0 Å². The van der Waals surface area contributed by atoms with Crippen LogP contribution in [-0.2, 0) is 9.53 Å². The highest BCUT2D eigenvalue weighted by Crippen LogP contribution is 2.47. The van der Waals surface area contributed by atoms with Gasteiger partial charge in [-0.1, -0.05) is 31.9 Å². The van der Waals surface area contributed by atoms with Gasteiger partial charge in [-0.3, -0.25) is 0 Å². The third-order valence-electron chi connectivity index (χ3n) is 6.02. The number of carbonyl (C=O) groups excluding carboxylic acids is 1. The highest BCUT2D eigenvalue weighted by atomic mass is 79.9. The number of nitrogens with zero attached hydrogens (tertiary/aromatic N) is 1. The third kappa shape index (κ3) is 4.27. The van der Waals surface area contributed by atoms with Crippen molar-refractivity contribution in [1.82, 2.24) is 4.90 Å². The molecule has 2 unspecified atom stereocenters. The van der Waals surface area contributed by atoms with E-state index in [2.05, 4.69) is 43.8 Å². The summed E-state index contributed by atoms with van der Waals surface area (Å²) >= 11 is 6.47. The number of esters is 1. The smallest absolute Gasteiger partial charge is 0.330 e. The van der Waals surface area contributed by atoms with Gasteiger partial charge in [-0.15, -0.1) is 0 Å². The topological polar surface area (TPSA) is 29.5 Å². The standard InChI is InChI=1S/C17H27Br2NO2/c1-20-4-2-13(3-5-20)14-7-11-6-12(8-14)10-15(9-11)22-17(21)16(18)19/h11-16H,2-10H2,1H3. The lowest BCUT2D eigenvalue weighted by molar-refractivity contribution is -0.150. The van der Waals surface area contributed by atoms with Gasteiger partial charge in [-0.25, -0.2) is 4.79 Å². The van der Waals surface area contributed by atoms with Crippen molar-refractivity contribution in [1.29, 1.82) is 0 Å². The second-order valence-corrected chi connectivity index (χ2v) is 10.7. The molecule has 126 valence electrons. The van der Waals surface area contributed by atoms with Gasteiger partial charge in [0.2, 0.25) is 0 Å². The first-order valence-corrected chi connectivity index (χ1v) is 10.5. The summed E-state index contributed by atoms with van der Waals surface area (Å²) in [5.74, 6) is 3.25. The van der Waals surface area contributed by atoms with Crippen LogP contribution in [0.15, 0.2) is 0 Å². The van der Waals surface area contributed by atoms with Crippen molar-refractivity contribution in [2.24, 2.45) is 23.7 Å². The molecule has 3 rings (SSSR count). The first-order valence-electron chi connectivity index (χ1n) is 8.68. The second-order valence-electron chi connectivity index (χ2n) is 7.67. The molecule has 1 saturated heterocycles.